The van der Waals surface area contributed by atoms with Crippen LogP contribution in [0.1, 0.15) is 69.4 Å². The number of alkyl halides is 3. The predicted octanol–water partition coefficient (Wildman–Crippen LogP) is 3.94. The molecule has 1 N–H and O–H groups in total. The smallest absolute Gasteiger partial charge is 0.391 e. The minimum absolute atomic E-state index is 0.0192. The maximum absolute atomic E-state index is 14.1. The number of aromatic nitrogens is 3. The van der Waals surface area contributed by atoms with Gasteiger partial charge in [0, 0.05) is 42.9 Å². The minimum atomic E-state index is -4.75. The van der Waals surface area contributed by atoms with Crippen molar-refractivity contribution in [2.45, 2.75) is 57.5 Å². The zero-order valence-corrected chi connectivity index (χ0v) is 21.2. The van der Waals surface area contributed by atoms with Crippen LogP contribution in [0.5, 0.6) is 0 Å². The van der Waals surface area contributed by atoms with Gasteiger partial charge in [-0.15, -0.1) is 10.2 Å². The minimum Gasteiger partial charge on any atom is -0.391 e. The summed E-state index contributed by atoms with van der Waals surface area (Å²) in [6.07, 6.45) is -2.92. The molecule has 38 heavy (non-hydrogen) atoms. The van der Waals surface area contributed by atoms with E-state index >= 15 is 0 Å². The molecule has 0 radical (unpaired) electrons. The Morgan fingerprint density at radius 3 is 2.63 bits per heavy atom. The first-order chi connectivity index (χ1) is 17.9. The molecule has 3 atom stereocenters. The summed E-state index contributed by atoms with van der Waals surface area (Å²) in [5.41, 5.74) is -0.0978. The number of likely N-dealkylation sites (tertiary alicyclic amines) is 1. The van der Waals surface area contributed by atoms with Crippen molar-refractivity contribution in [2.24, 2.45) is 7.05 Å². The van der Waals surface area contributed by atoms with Crippen LogP contribution in [-0.4, -0.2) is 55.3 Å². The highest BCUT2D eigenvalue weighted by Crippen LogP contribution is 2.40. The Labute approximate surface area is 217 Å². The van der Waals surface area contributed by atoms with Crippen molar-refractivity contribution in [3.05, 3.63) is 76.4 Å². The highest BCUT2D eigenvalue weighted by atomic mass is 19.4. The van der Waals surface area contributed by atoms with Crippen LogP contribution in [0.25, 0.3) is 0 Å². The number of aliphatic hydroxyl groups excluding tert-OH is 1. The van der Waals surface area contributed by atoms with Crippen LogP contribution in [-0.2, 0) is 26.2 Å². The molecule has 2 aliphatic rings. The normalized spacial score (nSPS) is 20.2. The summed E-state index contributed by atoms with van der Waals surface area (Å²) in [4.78, 5) is 29.2. The molecular formula is C27H28F3N5O3. The van der Waals surface area contributed by atoms with Gasteiger partial charge in [-0.2, -0.15) is 13.2 Å². The molecule has 0 saturated carbocycles. The molecule has 1 fully saturated rings. The molecule has 8 nitrogen and oxygen atoms in total. The van der Waals surface area contributed by atoms with Gasteiger partial charge in [-0.1, -0.05) is 19.1 Å². The molecule has 0 bridgehead atoms. The second-order valence-corrected chi connectivity index (χ2v) is 10.2. The zero-order valence-electron chi connectivity index (χ0n) is 21.2. The van der Waals surface area contributed by atoms with E-state index < -0.39 is 29.7 Å². The fourth-order valence-electron chi connectivity index (χ4n) is 5.33. The van der Waals surface area contributed by atoms with Crippen LogP contribution >= 0.6 is 0 Å². The van der Waals surface area contributed by atoms with Gasteiger partial charge < -0.3 is 19.5 Å². The third kappa shape index (κ3) is 4.66. The third-order valence-electron chi connectivity index (χ3n) is 7.45. The number of anilines is 1. The van der Waals surface area contributed by atoms with E-state index in [1.165, 1.54) is 15.9 Å². The number of halogens is 3. The summed E-state index contributed by atoms with van der Waals surface area (Å²) < 4.78 is 44.2. The Bertz CT molecular complexity index is 1400. The van der Waals surface area contributed by atoms with Crippen molar-refractivity contribution < 1.29 is 27.9 Å². The van der Waals surface area contributed by atoms with Crippen molar-refractivity contribution in [1.29, 1.82) is 0 Å². The topological polar surface area (TPSA) is 91.6 Å². The highest BCUT2D eigenvalue weighted by molar-refractivity contribution is 6.11. The number of fused-ring (bicyclic) bond motifs is 1. The van der Waals surface area contributed by atoms with Gasteiger partial charge in [-0.05, 0) is 54.7 Å². The summed E-state index contributed by atoms with van der Waals surface area (Å²) in [6.45, 7) is 3.52. The van der Waals surface area contributed by atoms with Crippen LogP contribution in [0, 0.1) is 0 Å². The van der Waals surface area contributed by atoms with Crippen molar-refractivity contribution >= 4 is 17.5 Å². The average Bonchev–Trinajstić information content (AvgIpc) is 3.53. The molecule has 2 aromatic carbocycles. The lowest BCUT2D eigenvalue weighted by Crippen LogP contribution is -2.34. The number of carbonyl (C=O) groups is 2. The third-order valence-corrected chi connectivity index (χ3v) is 7.45. The van der Waals surface area contributed by atoms with E-state index in [1.807, 2.05) is 24.6 Å². The van der Waals surface area contributed by atoms with E-state index in [0.717, 1.165) is 17.5 Å². The fraction of sp³-hybridized carbons (Fsp3) is 0.407. The molecule has 1 aromatic heterocycles. The largest absolute Gasteiger partial charge is 0.416 e. The van der Waals surface area contributed by atoms with E-state index in [1.54, 1.807) is 31.5 Å². The lowest BCUT2D eigenvalue weighted by atomic mass is 9.97. The Morgan fingerprint density at radius 1 is 1.24 bits per heavy atom. The van der Waals surface area contributed by atoms with Gasteiger partial charge >= 0.3 is 6.18 Å². The van der Waals surface area contributed by atoms with Gasteiger partial charge in [0.25, 0.3) is 11.8 Å². The number of aryl methyl sites for hydroxylation is 1. The number of β-amino-alcohol motifs (C(OH)–C–C–N with tert-alkyl or cyclic N) is 1. The second-order valence-electron chi connectivity index (χ2n) is 10.2. The van der Waals surface area contributed by atoms with Gasteiger partial charge in [0.1, 0.15) is 12.2 Å². The first-order valence-corrected chi connectivity index (χ1v) is 12.4. The standard InChI is InChI=1S/C27H28F3N5O3/c1-15(7-24-32-31-14-33(24)3)17-5-4-6-19(9-17)35-13-22-21(26(35)38)10-18(11-23(22)27(28,29)30)25(37)34-12-20(36)8-16(34)2/h4-6,9-11,14-16,20,36H,7-8,12-13H2,1-3H3/t15-,16-,20+/m1/s1. The Hall–Kier alpha value is -3.73. The summed E-state index contributed by atoms with van der Waals surface area (Å²) in [7, 11) is 1.85. The zero-order chi connectivity index (χ0) is 27.4. The molecule has 200 valence electrons. The van der Waals surface area contributed by atoms with E-state index in [2.05, 4.69) is 10.2 Å². The van der Waals surface area contributed by atoms with Crippen molar-refractivity contribution in [1.82, 2.24) is 19.7 Å². The number of rotatable bonds is 5. The summed E-state index contributed by atoms with van der Waals surface area (Å²) in [5, 5.41) is 17.9. The van der Waals surface area contributed by atoms with E-state index in [4.69, 9.17) is 0 Å². The van der Waals surface area contributed by atoms with Gasteiger partial charge in [-0.25, -0.2) is 0 Å². The Kier molecular flexibility index (Phi) is 6.50. The lowest BCUT2D eigenvalue weighted by molar-refractivity contribution is -0.138. The van der Waals surface area contributed by atoms with Crippen LogP contribution in [0.3, 0.4) is 0 Å². The van der Waals surface area contributed by atoms with E-state index in [-0.39, 0.29) is 41.7 Å². The van der Waals surface area contributed by atoms with Crippen molar-refractivity contribution in [3.63, 3.8) is 0 Å². The van der Waals surface area contributed by atoms with E-state index in [9.17, 15) is 27.9 Å². The van der Waals surface area contributed by atoms with Crippen LogP contribution in [0.2, 0.25) is 0 Å². The molecule has 2 amide bonds. The molecule has 2 aliphatic heterocycles. The summed E-state index contributed by atoms with van der Waals surface area (Å²) in [6, 6.07) is 8.93. The van der Waals surface area contributed by atoms with E-state index in [0.29, 0.717) is 18.5 Å². The molecule has 3 heterocycles. The summed E-state index contributed by atoms with van der Waals surface area (Å²) >= 11 is 0. The van der Waals surface area contributed by atoms with Crippen molar-refractivity contribution in [2.75, 3.05) is 11.4 Å². The van der Waals surface area contributed by atoms with Crippen LogP contribution in [0.4, 0.5) is 18.9 Å². The van der Waals surface area contributed by atoms with Gasteiger partial charge in [-0.3, -0.25) is 9.59 Å². The Balaban J connectivity index is 1.47. The van der Waals surface area contributed by atoms with Crippen LogP contribution in [0.15, 0.2) is 42.7 Å². The number of hydrogen-bond donors (Lipinski definition) is 1. The van der Waals surface area contributed by atoms with Crippen molar-refractivity contribution in [3.8, 4) is 0 Å². The number of nitrogens with zero attached hydrogens (tertiary/aromatic N) is 5. The number of hydrogen-bond acceptors (Lipinski definition) is 5. The number of aliphatic hydroxyl groups is 1. The number of amides is 2. The molecule has 0 unspecified atom stereocenters. The first-order valence-electron chi connectivity index (χ1n) is 12.4. The molecule has 11 heteroatoms. The maximum atomic E-state index is 14.1. The van der Waals surface area contributed by atoms with Gasteiger partial charge in [0.15, 0.2) is 0 Å². The fourth-order valence-corrected chi connectivity index (χ4v) is 5.33. The summed E-state index contributed by atoms with van der Waals surface area (Å²) in [5.74, 6) is -0.411. The Morgan fingerprint density at radius 2 is 2.00 bits per heavy atom. The monoisotopic (exact) mass is 527 g/mol. The SMILES string of the molecule is C[C@H](Cc1nncn1C)c1cccc(N2Cc3c(cc(C(=O)N4C[C@@H](O)C[C@H]4C)cc3C(F)(F)F)C2=O)c1. The predicted molar refractivity (Wildman–Crippen MR) is 133 cm³/mol. The average molecular weight is 528 g/mol. The molecule has 1 saturated heterocycles. The van der Waals surface area contributed by atoms with Gasteiger partial charge in [0.2, 0.25) is 0 Å². The lowest BCUT2D eigenvalue weighted by Gasteiger charge is -2.22. The number of benzene rings is 2. The second kappa shape index (κ2) is 9.54. The first kappa shape index (κ1) is 25.9. The van der Waals surface area contributed by atoms with Crippen LogP contribution < -0.4 is 4.90 Å². The molecule has 0 aliphatic carbocycles. The van der Waals surface area contributed by atoms with Gasteiger partial charge in [0.05, 0.1) is 18.2 Å². The maximum Gasteiger partial charge on any atom is 0.416 e. The number of carbonyl (C=O) groups excluding carboxylic acids is 2. The molecular weight excluding hydrogens is 499 g/mol. The highest BCUT2D eigenvalue weighted by Gasteiger charge is 2.42. The molecule has 3 aromatic rings. The molecule has 0 spiro atoms. The molecule has 5 rings (SSSR count). The quantitative estimate of drug-likeness (QED) is 0.543.